The Bertz CT molecular complexity index is 6350. The number of carbonyl (C=O) groups excluding carboxylic acids is 21. The number of rotatable bonds is 35. The molecule has 8 aromatic carbocycles. The van der Waals surface area contributed by atoms with E-state index < -0.39 is 321 Å². The average molecular weight is 1940 g/mol. The van der Waals surface area contributed by atoms with Crippen molar-refractivity contribution in [2.45, 2.75) is 145 Å². The molecule has 0 radical (unpaired) electrons. The van der Waals surface area contributed by atoms with E-state index in [1.165, 1.54) is 0 Å². The quantitative estimate of drug-likeness (QED) is 0.0263. The van der Waals surface area contributed by atoms with Crippen LogP contribution in [0.2, 0.25) is 0 Å². The Balaban J connectivity index is 1.50. The summed E-state index contributed by atoms with van der Waals surface area (Å²) in [5.74, 6) is -57.2. The zero-order chi connectivity index (χ0) is 103. The molecule has 0 amide bonds. The van der Waals surface area contributed by atoms with Crippen molar-refractivity contribution in [2.75, 3.05) is 0 Å². The number of esters is 21. The van der Waals surface area contributed by atoms with Gasteiger partial charge in [0.25, 0.3) is 0 Å². The number of benzene rings is 8. The van der Waals surface area contributed by atoms with Crippen molar-refractivity contribution < 1.29 is 233 Å². The molecule has 0 fully saturated rings. The molecule has 0 unspecified atom stereocenters. The molecule has 0 aliphatic heterocycles. The van der Waals surface area contributed by atoms with Crippen LogP contribution in [0.15, 0.2) is 78.9 Å². The molecule has 0 atom stereocenters. The SMILES string of the molecule is CC(=O)Oc1cc(OC(C)=O)c(Oc2cc(OC(C)=O)c(Oc3cc(OC(C)=O)c(OC(C)=O)c(OC(C)=O)c3Oc3cc(OC(C)=O)c(OC(C)=O)c(Oc4cc(OC(C)=O)c(OC(C)=O)c(OC(C)=O)c4Oc4cc(OC(C)=O)c(Oc5cc(OC(C)=O)c(OC(C)=O)c(OC(C)=O)c5Oc5cc(OC(C)=O)c(OC(C)=O)c(OC(C)=O)c5)c(OC(C)=O)c4)c3)c(OC(C)=O)c2)c(OC(C)=O)c1. The molecule has 49 nitrogen and oxygen atoms in total. The molecular formula is C90H76O49. The molecule has 0 saturated heterocycles. The number of hydrogen-bond donors (Lipinski definition) is 0. The minimum atomic E-state index is -1.38. The zero-order valence-corrected chi connectivity index (χ0v) is 76.5. The van der Waals surface area contributed by atoms with Crippen molar-refractivity contribution in [3.8, 4) is 201 Å². The van der Waals surface area contributed by atoms with Crippen LogP contribution in [0.3, 0.4) is 0 Å². The highest BCUT2D eigenvalue weighted by atomic mass is 16.7. The van der Waals surface area contributed by atoms with Gasteiger partial charge in [-0.2, -0.15) is 0 Å². The van der Waals surface area contributed by atoms with Gasteiger partial charge in [0.15, 0.2) is 92.0 Å². The van der Waals surface area contributed by atoms with E-state index in [-0.39, 0.29) is 5.75 Å². The highest BCUT2D eigenvalue weighted by molar-refractivity contribution is 5.89. The third-order valence-corrected chi connectivity index (χ3v) is 15.1. The summed E-state index contributed by atoms with van der Waals surface area (Å²) in [6.07, 6.45) is 0. The van der Waals surface area contributed by atoms with Crippen molar-refractivity contribution in [3.63, 3.8) is 0 Å². The summed E-state index contributed by atoms with van der Waals surface area (Å²) >= 11 is 0. The van der Waals surface area contributed by atoms with Gasteiger partial charge in [-0.15, -0.1) is 0 Å². The number of carbonyl (C=O) groups is 21. The Labute approximate surface area is 781 Å². The molecule has 139 heavy (non-hydrogen) atoms. The van der Waals surface area contributed by atoms with E-state index >= 15 is 0 Å². The fourth-order valence-electron chi connectivity index (χ4n) is 11.3. The Morgan fingerprint density at radius 1 is 0.108 bits per heavy atom. The van der Waals surface area contributed by atoms with Gasteiger partial charge in [-0.1, -0.05) is 0 Å². The molecule has 0 N–H and O–H groups in total. The van der Waals surface area contributed by atoms with Crippen LogP contribution in [-0.4, -0.2) is 125 Å². The molecule has 0 saturated carbocycles. The van der Waals surface area contributed by atoms with Gasteiger partial charge in [0.1, 0.15) is 28.7 Å². The van der Waals surface area contributed by atoms with Gasteiger partial charge < -0.3 is 133 Å². The van der Waals surface area contributed by atoms with Crippen LogP contribution in [0.4, 0.5) is 0 Å². The Morgan fingerprint density at radius 3 is 0.439 bits per heavy atom. The highest BCUT2D eigenvalue weighted by Gasteiger charge is 2.39. The standard InChI is InChI=1S/C90H76O49/c1-35(91)112-56-22-64(116-39(5)95)79(65(23-56)117-40(6)96)133-57-24-66(118-41(7)97)80(67(25-57)119-42(8)98)138-76-34-73(124-47(13)103)84(129-52(18)108)90(132-55(21)111)87(76)136-60-28-63(115-38(4)94)78(126-49(15)105)70(31-60)137-74-32-71(122-45(11)101)82(127-50(16)106)88(130-53(19)109)85(74)134-59-29-68(120-43(9)99)81(69(30-59)121-44(10)100)139-75-33-72(123-46(12)102)83(128-51(17)107)89(131-54(20)110)86(75)135-58-26-61(113-36(2)92)77(125-48(14)104)62(27-58)114-37(3)93/h22-34H,1-21H3. The first-order chi connectivity index (χ1) is 65.1. The van der Waals surface area contributed by atoms with Gasteiger partial charge in [0.2, 0.25) is 80.5 Å². The third kappa shape index (κ3) is 30.1. The fraction of sp³-hybridized carbons (Fsp3) is 0.233. The normalized spacial score (nSPS) is 10.4. The molecule has 0 aliphatic rings. The molecule has 0 heterocycles. The molecule has 730 valence electrons. The van der Waals surface area contributed by atoms with Crippen molar-refractivity contribution >= 4 is 125 Å². The predicted octanol–water partition coefficient (Wildman–Crippen LogP) is 12.7. The molecule has 0 spiro atoms. The van der Waals surface area contributed by atoms with Gasteiger partial charge in [0.05, 0.1) is 0 Å². The van der Waals surface area contributed by atoms with Crippen molar-refractivity contribution in [1.29, 1.82) is 0 Å². The maximum atomic E-state index is 13.7. The van der Waals surface area contributed by atoms with Crippen LogP contribution in [0, 0.1) is 0 Å². The number of ether oxygens (including phenoxy) is 28. The summed E-state index contributed by atoms with van der Waals surface area (Å²) in [5, 5.41) is 0. The van der Waals surface area contributed by atoms with Crippen LogP contribution >= 0.6 is 0 Å². The minimum absolute atomic E-state index is 0.379. The van der Waals surface area contributed by atoms with E-state index in [9.17, 15) is 101 Å². The van der Waals surface area contributed by atoms with Gasteiger partial charge in [0, 0.05) is 224 Å². The lowest BCUT2D eigenvalue weighted by Crippen LogP contribution is -2.13. The second kappa shape index (κ2) is 46.1. The largest absolute Gasteiger partial charge is 0.449 e. The number of hydrogen-bond acceptors (Lipinski definition) is 49. The van der Waals surface area contributed by atoms with E-state index in [2.05, 4.69) is 0 Å². The second-order valence-electron chi connectivity index (χ2n) is 27.5. The predicted molar refractivity (Wildman–Crippen MR) is 450 cm³/mol. The van der Waals surface area contributed by atoms with Crippen LogP contribution in [-0.2, 0) is 101 Å². The van der Waals surface area contributed by atoms with Crippen molar-refractivity contribution in [2.24, 2.45) is 0 Å². The van der Waals surface area contributed by atoms with Crippen molar-refractivity contribution in [1.82, 2.24) is 0 Å². The zero-order valence-electron chi connectivity index (χ0n) is 76.5. The van der Waals surface area contributed by atoms with Crippen molar-refractivity contribution in [3.05, 3.63) is 78.9 Å². The lowest BCUT2D eigenvalue weighted by atomic mass is 10.2. The van der Waals surface area contributed by atoms with E-state index in [1.54, 1.807) is 0 Å². The molecule has 49 heteroatoms. The topological polar surface area (TPSA) is 617 Å². The molecule has 0 aromatic heterocycles. The minimum Gasteiger partial charge on any atom is -0.449 e. The highest BCUT2D eigenvalue weighted by Crippen LogP contribution is 2.62. The summed E-state index contributed by atoms with van der Waals surface area (Å²) < 4.78 is 160. The Morgan fingerprint density at radius 2 is 0.237 bits per heavy atom. The summed E-state index contributed by atoms with van der Waals surface area (Å²) in [7, 11) is 0. The van der Waals surface area contributed by atoms with Gasteiger partial charge in [-0.25, -0.2) is 0 Å². The Kier molecular flexibility index (Phi) is 35.0. The molecule has 8 aromatic rings. The first kappa shape index (κ1) is 106. The second-order valence-corrected chi connectivity index (χ2v) is 27.5. The van der Waals surface area contributed by atoms with Crippen LogP contribution in [0.1, 0.15) is 145 Å². The maximum Gasteiger partial charge on any atom is 0.308 e. The lowest BCUT2D eigenvalue weighted by Gasteiger charge is -2.24. The summed E-state index contributed by atoms with van der Waals surface area (Å²) in [4.78, 5) is 276. The lowest BCUT2D eigenvalue weighted by molar-refractivity contribution is -0.135. The first-order valence-corrected chi connectivity index (χ1v) is 39.2. The van der Waals surface area contributed by atoms with E-state index in [0.717, 1.165) is 182 Å². The van der Waals surface area contributed by atoms with Crippen LogP contribution in [0.25, 0.3) is 0 Å². The molecule has 0 aliphatic carbocycles. The van der Waals surface area contributed by atoms with Gasteiger partial charge in [-0.05, 0) is 0 Å². The first-order valence-electron chi connectivity index (χ1n) is 39.2. The molecular weight excluding hydrogens is 1860 g/mol. The Hall–Kier alpha value is -18.8. The third-order valence-electron chi connectivity index (χ3n) is 15.1. The van der Waals surface area contributed by atoms with E-state index in [4.69, 9.17) is 133 Å². The van der Waals surface area contributed by atoms with Crippen LogP contribution in [0.5, 0.6) is 201 Å². The summed E-state index contributed by atoms with van der Waals surface area (Å²) in [5.41, 5.74) is 0. The average Bonchev–Trinajstić information content (AvgIpc) is 0.763. The summed E-state index contributed by atoms with van der Waals surface area (Å²) in [6.45, 7) is 17.6. The van der Waals surface area contributed by atoms with Gasteiger partial charge in [-0.3, -0.25) is 101 Å². The molecule has 0 bridgehead atoms. The monoisotopic (exact) mass is 1940 g/mol. The van der Waals surface area contributed by atoms with E-state index in [0.29, 0.717) is 42.5 Å². The van der Waals surface area contributed by atoms with Gasteiger partial charge >= 0.3 is 125 Å². The smallest absolute Gasteiger partial charge is 0.308 e. The molecule has 8 rings (SSSR count). The fourth-order valence-corrected chi connectivity index (χ4v) is 11.3. The summed E-state index contributed by atoms with van der Waals surface area (Å²) in [6, 6.07) is 9.94. The maximum absolute atomic E-state index is 13.7. The van der Waals surface area contributed by atoms with Crippen LogP contribution < -0.4 is 133 Å². The van der Waals surface area contributed by atoms with E-state index in [1.807, 2.05) is 0 Å².